The molecular weight excluding hydrogens is 384 g/mol. The number of aromatic nitrogens is 1. The lowest BCUT2D eigenvalue weighted by molar-refractivity contribution is -0.131. The first kappa shape index (κ1) is 19.4. The van der Waals surface area contributed by atoms with Gasteiger partial charge in [-0.15, -0.1) is 0 Å². The Hall–Kier alpha value is -3.32. The van der Waals surface area contributed by atoms with Crippen molar-refractivity contribution in [1.82, 2.24) is 4.57 Å². The van der Waals surface area contributed by atoms with Gasteiger partial charge in [-0.3, -0.25) is 14.4 Å². The number of pyridine rings is 1. The Labute approximate surface area is 165 Å². The lowest BCUT2D eigenvalue weighted by Gasteiger charge is -2.15. The predicted octanol–water partition coefficient (Wildman–Crippen LogP) is 3.38. The van der Waals surface area contributed by atoms with Crippen LogP contribution in [0.2, 0.25) is 5.02 Å². The molecule has 0 atom stereocenters. The number of aryl methyl sites for hydroxylation is 1. The van der Waals surface area contributed by atoms with Gasteiger partial charge < -0.3 is 19.4 Å². The standard InChI is InChI=1S/C20H17ClN2O5/c1-11(24)28-18-15-10-12(21)4-9-16(15)23(2)20(26)17(18)19(25)22-13-5-7-14(27-3)8-6-13/h4-10H,1-3H3,(H,22,25). The zero-order valence-corrected chi connectivity index (χ0v) is 16.2. The first-order valence-corrected chi connectivity index (χ1v) is 8.65. The van der Waals surface area contributed by atoms with Crippen molar-refractivity contribution >= 4 is 40.1 Å². The normalized spacial score (nSPS) is 10.6. The van der Waals surface area contributed by atoms with Crippen LogP contribution in [0, 0.1) is 0 Å². The van der Waals surface area contributed by atoms with Crippen molar-refractivity contribution in [3.8, 4) is 11.5 Å². The summed E-state index contributed by atoms with van der Waals surface area (Å²) in [6, 6.07) is 11.4. The highest BCUT2D eigenvalue weighted by Crippen LogP contribution is 2.30. The number of methoxy groups -OCH3 is 1. The van der Waals surface area contributed by atoms with Gasteiger partial charge in [0.1, 0.15) is 11.3 Å². The third kappa shape index (κ3) is 3.70. The first-order valence-electron chi connectivity index (χ1n) is 8.28. The van der Waals surface area contributed by atoms with Gasteiger partial charge in [0, 0.05) is 30.1 Å². The Kier molecular flexibility index (Phi) is 5.37. The Morgan fingerprint density at radius 1 is 1.11 bits per heavy atom. The van der Waals surface area contributed by atoms with Gasteiger partial charge in [-0.05, 0) is 42.5 Å². The number of amides is 1. The molecular formula is C20H17ClN2O5. The average molecular weight is 401 g/mol. The molecule has 0 bridgehead atoms. The lowest BCUT2D eigenvalue weighted by Crippen LogP contribution is -2.29. The van der Waals surface area contributed by atoms with Gasteiger partial charge in [0.15, 0.2) is 5.75 Å². The summed E-state index contributed by atoms with van der Waals surface area (Å²) in [5, 5.41) is 3.39. The molecule has 0 spiro atoms. The number of anilines is 1. The second kappa shape index (κ2) is 7.74. The SMILES string of the molecule is COc1ccc(NC(=O)c2c(OC(C)=O)c3cc(Cl)ccc3n(C)c2=O)cc1. The van der Waals surface area contributed by atoms with Crippen molar-refractivity contribution < 1.29 is 19.1 Å². The molecule has 0 saturated carbocycles. The average Bonchev–Trinajstić information content (AvgIpc) is 2.66. The molecule has 0 saturated heterocycles. The maximum atomic E-state index is 12.9. The summed E-state index contributed by atoms with van der Waals surface area (Å²) in [7, 11) is 3.06. The van der Waals surface area contributed by atoms with E-state index in [-0.39, 0.29) is 11.3 Å². The second-order valence-electron chi connectivity index (χ2n) is 6.01. The van der Waals surface area contributed by atoms with Crippen molar-refractivity contribution in [2.45, 2.75) is 6.92 Å². The fourth-order valence-corrected chi connectivity index (χ4v) is 2.98. The van der Waals surface area contributed by atoms with E-state index in [0.29, 0.717) is 27.4 Å². The number of carbonyl (C=O) groups is 2. The minimum absolute atomic E-state index is 0.126. The van der Waals surface area contributed by atoms with Crippen LogP contribution in [0.3, 0.4) is 0 Å². The number of hydrogen-bond donors (Lipinski definition) is 1. The number of esters is 1. The van der Waals surface area contributed by atoms with E-state index in [1.54, 1.807) is 42.5 Å². The van der Waals surface area contributed by atoms with E-state index in [0.717, 1.165) is 0 Å². The maximum Gasteiger partial charge on any atom is 0.308 e. The highest BCUT2D eigenvalue weighted by molar-refractivity contribution is 6.31. The molecule has 28 heavy (non-hydrogen) atoms. The monoisotopic (exact) mass is 400 g/mol. The number of hydrogen-bond acceptors (Lipinski definition) is 5. The first-order chi connectivity index (χ1) is 13.3. The van der Waals surface area contributed by atoms with Crippen LogP contribution in [-0.2, 0) is 11.8 Å². The Morgan fingerprint density at radius 2 is 1.79 bits per heavy atom. The molecule has 2 aromatic carbocycles. The molecule has 8 heteroatoms. The van der Waals surface area contributed by atoms with E-state index in [4.69, 9.17) is 21.1 Å². The van der Waals surface area contributed by atoms with Gasteiger partial charge in [0.25, 0.3) is 11.5 Å². The molecule has 0 aliphatic carbocycles. The number of halogens is 1. The summed E-state index contributed by atoms with van der Waals surface area (Å²) in [6.45, 7) is 1.19. The van der Waals surface area contributed by atoms with Crippen molar-refractivity contribution in [2.75, 3.05) is 12.4 Å². The number of benzene rings is 2. The summed E-state index contributed by atoms with van der Waals surface area (Å²) in [5.74, 6) is -0.870. The van der Waals surface area contributed by atoms with E-state index in [9.17, 15) is 14.4 Å². The molecule has 1 heterocycles. The third-order valence-corrected chi connectivity index (χ3v) is 4.37. The lowest BCUT2D eigenvalue weighted by atomic mass is 10.1. The van der Waals surface area contributed by atoms with E-state index < -0.39 is 17.4 Å². The summed E-state index contributed by atoms with van der Waals surface area (Å²) < 4.78 is 11.6. The molecule has 3 rings (SSSR count). The number of nitrogens with one attached hydrogen (secondary N) is 1. The van der Waals surface area contributed by atoms with Crippen LogP contribution in [-0.4, -0.2) is 23.6 Å². The molecule has 1 aromatic heterocycles. The molecule has 0 aliphatic rings. The van der Waals surface area contributed by atoms with Crippen molar-refractivity contribution in [1.29, 1.82) is 0 Å². The van der Waals surface area contributed by atoms with Gasteiger partial charge >= 0.3 is 5.97 Å². The predicted molar refractivity (Wildman–Crippen MR) is 106 cm³/mol. The largest absolute Gasteiger partial charge is 0.497 e. The molecule has 144 valence electrons. The van der Waals surface area contributed by atoms with Gasteiger partial charge in [-0.2, -0.15) is 0 Å². The summed E-state index contributed by atoms with van der Waals surface area (Å²) >= 11 is 6.07. The number of carbonyl (C=O) groups excluding carboxylic acids is 2. The van der Waals surface area contributed by atoms with E-state index in [1.165, 1.54) is 25.6 Å². The van der Waals surface area contributed by atoms with Crippen LogP contribution in [0.5, 0.6) is 11.5 Å². The van der Waals surface area contributed by atoms with Crippen LogP contribution in [0.15, 0.2) is 47.3 Å². The Morgan fingerprint density at radius 3 is 2.39 bits per heavy atom. The third-order valence-electron chi connectivity index (χ3n) is 4.13. The molecule has 0 unspecified atom stereocenters. The summed E-state index contributed by atoms with van der Waals surface area (Å²) in [4.78, 5) is 37.4. The maximum absolute atomic E-state index is 12.9. The zero-order chi connectivity index (χ0) is 20.4. The van der Waals surface area contributed by atoms with Gasteiger partial charge in [0.05, 0.1) is 12.6 Å². The van der Waals surface area contributed by atoms with E-state index in [2.05, 4.69) is 5.32 Å². The van der Waals surface area contributed by atoms with Crippen molar-refractivity contribution in [2.24, 2.45) is 7.05 Å². The van der Waals surface area contributed by atoms with Gasteiger partial charge in [-0.1, -0.05) is 11.6 Å². The fourth-order valence-electron chi connectivity index (χ4n) is 2.81. The summed E-state index contributed by atoms with van der Waals surface area (Å²) in [6.07, 6.45) is 0. The molecule has 7 nitrogen and oxygen atoms in total. The van der Waals surface area contributed by atoms with Gasteiger partial charge in [-0.25, -0.2) is 0 Å². The number of nitrogens with zero attached hydrogens (tertiary/aromatic N) is 1. The molecule has 1 N–H and O–H groups in total. The number of ether oxygens (including phenoxy) is 2. The smallest absolute Gasteiger partial charge is 0.308 e. The highest BCUT2D eigenvalue weighted by atomic mass is 35.5. The zero-order valence-electron chi connectivity index (χ0n) is 15.4. The Bertz CT molecular complexity index is 1140. The van der Waals surface area contributed by atoms with Crippen molar-refractivity contribution in [3.63, 3.8) is 0 Å². The fraction of sp³-hybridized carbons (Fsp3) is 0.150. The Balaban J connectivity index is 2.17. The number of fused-ring (bicyclic) bond motifs is 1. The topological polar surface area (TPSA) is 86.6 Å². The minimum atomic E-state index is -0.705. The molecule has 1 amide bonds. The highest BCUT2D eigenvalue weighted by Gasteiger charge is 2.24. The van der Waals surface area contributed by atoms with E-state index >= 15 is 0 Å². The molecule has 3 aromatic rings. The van der Waals surface area contributed by atoms with Crippen LogP contribution in [0.1, 0.15) is 17.3 Å². The molecule has 0 aliphatic heterocycles. The van der Waals surface area contributed by atoms with Crippen molar-refractivity contribution in [3.05, 3.63) is 63.4 Å². The number of rotatable bonds is 4. The van der Waals surface area contributed by atoms with E-state index in [1.807, 2.05) is 0 Å². The van der Waals surface area contributed by atoms with Crippen LogP contribution >= 0.6 is 11.6 Å². The van der Waals surface area contributed by atoms with Crippen LogP contribution in [0.4, 0.5) is 5.69 Å². The minimum Gasteiger partial charge on any atom is -0.497 e. The van der Waals surface area contributed by atoms with Gasteiger partial charge in [0.2, 0.25) is 0 Å². The van der Waals surface area contributed by atoms with Crippen LogP contribution < -0.4 is 20.3 Å². The summed E-state index contributed by atoms with van der Waals surface area (Å²) in [5.41, 5.74) is 0.0415. The second-order valence-corrected chi connectivity index (χ2v) is 6.44. The van der Waals surface area contributed by atoms with Crippen LogP contribution in [0.25, 0.3) is 10.9 Å². The molecule has 0 radical (unpaired) electrons. The molecule has 0 fully saturated rings. The quantitative estimate of drug-likeness (QED) is 0.678.